The third-order valence-electron chi connectivity index (χ3n) is 5.81. The molecule has 0 radical (unpaired) electrons. The van der Waals surface area contributed by atoms with Crippen LogP contribution < -0.4 is 15.4 Å². The number of hydrogen-bond acceptors (Lipinski definition) is 6. The molecule has 2 atom stereocenters. The van der Waals surface area contributed by atoms with Crippen LogP contribution in [0.25, 0.3) is 10.6 Å². The lowest BCUT2D eigenvalue weighted by atomic mass is 9.98. The van der Waals surface area contributed by atoms with Crippen molar-refractivity contribution in [2.75, 3.05) is 12.4 Å². The third kappa shape index (κ3) is 9.12. The van der Waals surface area contributed by atoms with Crippen LogP contribution in [0.15, 0.2) is 24.3 Å². The van der Waals surface area contributed by atoms with Gasteiger partial charge in [0.1, 0.15) is 16.8 Å². The molecule has 0 bridgehead atoms. The summed E-state index contributed by atoms with van der Waals surface area (Å²) in [5, 5.41) is 15.2. The summed E-state index contributed by atoms with van der Waals surface area (Å²) in [5.74, 6) is 0.451. The van der Waals surface area contributed by atoms with Gasteiger partial charge < -0.3 is 10.1 Å². The van der Waals surface area contributed by atoms with Crippen molar-refractivity contribution in [3.05, 3.63) is 24.3 Å². The average Bonchev–Trinajstić information content (AvgIpc) is 3.29. The zero-order valence-corrected chi connectivity index (χ0v) is 21.2. The van der Waals surface area contributed by atoms with Crippen LogP contribution in [0.3, 0.4) is 0 Å². The molecule has 7 nitrogen and oxygen atoms in total. The van der Waals surface area contributed by atoms with E-state index in [2.05, 4.69) is 27.8 Å². The van der Waals surface area contributed by atoms with Crippen molar-refractivity contribution in [2.24, 2.45) is 5.92 Å². The summed E-state index contributed by atoms with van der Waals surface area (Å²) in [5.41, 5.74) is 0.898. The van der Waals surface area contributed by atoms with Gasteiger partial charge in [0.05, 0.1) is 7.11 Å². The number of nitrogens with zero attached hydrogens (tertiary/aromatic N) is 2. The minimum Gasteiger partial charge on any atom is -0.497 e. The molecule has 2 N–H and O–H groups in total. The van der Waals surface area contributed by atoms with Crippen molar-refractivity contribution in [3.8, 4) is 16.3 Å². The van der Waals surface area contributed by atoms with E-state index in [1.165, 1.54) is 37.0 Å². The number of hydrogen-bond donors (Lipinski definition) is 2. The summed E-state index contributed by atoms with van der Waals surface area (Å²) in [7, 11) is 1.62. The molecule has 0 spiro atoms. The summed E-state index contributed by atoms with van der Waals surface area (Å²) in [6, 6.07) is 6.91. The number of benzene rings is 1. The molecule has 2 unspecified atom stereocenters. The Hall–Kier alpha value is -2.48. The van der Waals surface area contributed by atoms with Gasteiger partial charge in [0.25, 0.3) is 0 Å². The number of ether oxygens (including phenoxy) is 1. The number of rotatable bonds is 15. The SMILES string of the molecule is CCCCCCCCCC(=O)NC(C(=O)Nc1nnc(-c2ccc(OC)cc2)s1)C(C)CC. The normalized spacial score (nSPS) is 12.7. The number of carbonyl (C=O) groups excluding carboxylic acids is 2. The second kappa shape index (κ2) is 14.6. The van der Waals surface area contributed by atoms with Crippen molar-refractivity contribution >= 4 is 28.3 Å². The van der Waals surface area contributed by atoms with Crippen LogP contribution in [-0.2, 0) is 9.59 Å². The molecule has 1 aromatic carbocycles. The minimum absolute atomic E-state index is 0.0111. The molecular formula is C25H38N4O3S. The predicted molar refractivity (Wildman–Crippen MR) is 135 cm³/mol. The fraction of sp³-hybridized carbons (Fsp3) is 0.600. The van der Waals surface area contributed by atoms with E-state index < -0.39 is 6.04 Å². The van der Waals surface area contributed by atoms with Crippen LogP contribution in [-0.4, -0.2) is 35.2 Å². The quantitative estimate of drug-likeness (QED) is 0.317. The minimum atomic E-state index is -0.597. The first-order valence-corrected chi connectivity index (χ1v) is 12.9. The molecular weight excluding hydrogens is 436 g/mol. The van der Waals surface area contributed by atoms with Crippen molar-refractivity contribution in [1.29, 1.82) is 0 Å². The molecule has 0 saturated heterocycles. The summed E-state index contributed by atoms with van der Waals surface area (Å²) < 4.78 is 5.18. The standard InChI is InChI=1S/C25H38N4O3S/c1-5-7-8-9-10-11-12-13-21(30)26-22(18(3)6-2)23(31)27-25-29-28-24(33-25)19-14-16-20(32-4)17-15-19/h14-18,22H,5-13H2,1-4H3,(H,26,30)(H,27,29,31). The maximum Gasteiger partial charge on any atom is 0.249 e. The number of anilines is 1. The van der Waals surface area contributed by atoms with E-state index >= 15 is 0 Å². The number of methoxy groups -OCH3 is 1. The first kappa shape index (κ1) is 26.8. The van der Waals surface area contributed by atoms with Gasteiger partial charge in [-0.25, -0.2) is 0 Å². The molecule has 2 amide bonds. The Morgan fingerprint density at radius 2 is 1.67 bits per heavy atom. The molecule has 0 aliphatic heterocycles. The van der Waals surface area contributed by atoms with Crippen LogP contribution in [0.5, 0.6) is 5.75 Å². The largest absolute Gasteiger partial charge is 0.497 e. The maximum atomic E-state index is 13.0. The van der Waals surface area contributed by atoms with Crippen LogP contribution in [0, 0.1) is 5.92 Å². The average molecular weight is 475 g/mol. The van der Waals surface area contributed by atoms with Crippen molar-refractivity contribution in [2.45, 2.75) is 84.6 Å². The van der Waals surface area contributed by atoms with E-state index in [0.29, 0.717) is 16.6 Å². The second-order valence-electron chi connectivity index (χ2n) is 8.43. The number of unbranched alkanes of at least 4 members (excludes halogenated alkanes) is 6. The molecule has 0 saturated carbocycles. The first-order valence-electron chi connectivity index (χ1n) is 12.1. The Kier molecular flexibility index (Phi) is 11.9. The lowest BCUT2D eigenvalue weighted by Gasteiger charge is -2.23. The van der Waals surface area contributed by atoms with Gasteiger partial charge >= 0.3 is 0 Å². The number of nitrogens with one attached hydrogen (secondary N) is 2. The molecule has 0 aliphatic carbocycles. The fourth-order valence-electron chi connectivity index (χ4n) is 3.50. The highest BCUT2D eigenvalue weighted by Crippen LogP contribution is 2.28. The Labute approximate surface area is 201 Å². The molecule has 2 aromatic rings. The van der Waals surface area contributed by atoms with E-state index in [1.807, 2.05) is 38.1 Å². The van der Waals surface area contributed by atoms with Gasteiger partial charge in [0.2, 0.25) is 16.9 Å². The maximum absolute atomic E-state index is 13.0. The smallest absolute Gasteiger partial charge is 0.249 e. The highest BCUT2D eigenvalue weighted by Gasteiger charge is 2.26. The van der Waals surface area contributed by atoms with E-state index in [4.69, 9.17) is 4.74 Å². The summed E-state index contributed by atoms with van der Waals surface area (Å²) in [6.07, 6.45) is 9.32. The predicted octanol–water partition coefficient (Wildman–Crippen LogP) is 5.82. The van der Waals surface area contributed by atoms with Gasteiger partial charge in [-0.15, -0.1) is 10.2 Å². The van der Waals surface area contributed by atoms with E-state index in [9.17, 15) is 9.59 Å². The van der Waals surface area contributed by atoms with Gasteiger partial charge in [-0.3, -0.25) is 14.9 Å². The third-order valence-corrected chi connectivity index (χ3v) is 6.70. The van der Waals surface area contributed by atoms with Crippen LogP contribution >= 0.6 is 11.3 Å². The molecule has 1 heterocycles. The molecule has 1 aromatic heterocycles. The Balaban J connectivity index is 1.88. The molecule has 182 valence electrons. The first-order chi connectivity index (χ1) is 16.0. The van der Waals surface area contributed by atoms with Crippen LogP contribution in [0.2, 0.25) is 0 Å². The van der Waals surface area contributed by atoms with E-state index in [1.54, 1.807) is 7.11 Å². The monoisotopic (exact) mass is 474 g/mol. The number of aromatic nitrogens is 2. The Morgan fingerprint density at radius 3 is 2.30 bits per heavy atom. The number of amides is 2. The highest BCUT2D eigenvalue weighted by atomic mass is 32.1. The van der Waals surface area contributed by atoms with Gasteiger partial charge in [-0.1, -0.05) is 77.1 Å². The van der Waals surface area contributed by atoms with E-state index in [-0.39, 0.29) is 17.7 Å². The highest BCUT2D eigenvalue weighted by molar-refractivity contribution is 7.18. The summed E-state index contributed by atoms with van der Waals surface area (Å²) in [4.78, 5) is 25.4. The van der Waals surface area contributed by atoms with Gasteiger partial charge in [-0.2, -0.15) is 0 Å². The number of carbonyl (C=O) groups is 2. The van der Waals surface area contributed by atoms with Crippen molar-refractivity contribution in [3.63, 3.8) is 0 Å². The lowest BCUT2D eigenvalue weighted by molar-refractivity contribution is -0.127. The van der Waals surface area contributed by atoms with Crippen LogP contribution in [0.4, 0.5) is 5.13 Å². The Morgan fingerprint density at radius 1 is 1.00 bits per heavy atom. The van der Waals surface area contributed by atoms with Crippen LogP contribution in [0.1, 0.15) is 78.6 Å². The topological polar surface area (TPSA) is 93.2 Å². The molecule has 0 aliphatic rings. The molecule has 0 fully saturated rings. The summed E-state index contributed by atoms with van der Waals surface area (Å²) in [6.45, 7) is 6.19. The Bertz CT molecular complexity index is 854. The van der Waals surface area contributed by atoms with Crippen molar-refractivity contribution in [1.82, 2.24) is 15.5 Å². The summed E-state index contributed by atoms with van der Waals surface area (Å²) >= 11 is 1.30. The zero-order valence-electron chi connectivity index (χ0n) is 20.4. The second-order valence-corrected chi connectivity index (χ2v) is 9.41. The van der Waals surface area contributed by atoms with Crippen molar-refractivity contribution < 1.29 is 14.3 Å². The van der Waals surface area contributed by atoms with Gasteiger partial charge in [-0.05, 0) is 36.6 Å². The molecule has 2 rings (SSSR count). The van der Waals surface area contributed by atoms with Gasteiger partial charge in [0.15, 0.2) is 0 Å². The molecule has 8 heteroatoms. The fourth-order valence-corrected chi connectivity index (χ4v) is 4.25. The van der Waals surface area contributed by atoms with Gasteiger partial charge in [0, 0.05) is 12.0 Å². The molecule has 33 heavy (non-hydrogen) atoms. The van der Waals surface area contributed by atoms with E-state index in [0.717, 1.165) is 37.0 Å². The lowest BCUT2D eigenvalue weighted by Crippen LogP contribution is -2.47. The zero-order chi connectivity index (χ0) is 24.1.